The molecule has 2 saturated heterocycles. The Bertz CT molecular complexity index is 781. The van der Waals surface area contributed by atoms with Gasteiger partial charge in [-0.1, -0.05) is 12.1 Å². The molecule has 0 aromatic heterocycles. The number of hydrogen-bond donors (Lipinski definition) is 0. The van der Waals surface area contributed by atoms with E-state index in [1.165, 1.54) is 12.8 Å². The van der Waals surface area contributed by atoms with Gasteiger partial charge in [-0.15, -0.1) is 0 Å². The molecular formula is C22H29N3O4. The first-order chi connectivity index (χ1) is 14.2. The molecule has 5 rings (SSSR count). The molecule has 156 valence electrons. The van der Waals surface area contributed by atoms with Crippen molar-refractivity contribution in [3.63, 3.8) is 0 Å². The lowest BCUT2D eigenvalue weighted by atomic mass is 10.2. The highest BCUT2D eigenvalue weighted by Gasteiger charge is 2.39. The second-order valence-corrected chi connectivity index (χ2v) is 8.61. The van der Waals surface area contributed by atoms with Crippen LogP contribution in [0.15, 0.2) is 24.3 Å². The van der Waals surface area contributed by atoms with Gasteiger partial charge < -0.3 is 19.3 Å². The van der Waals surface area contributed by atoms with E-state index < -0.39 is 6.10 Å². The van der Waals surface area contributed by atoms with Crippen molar-refractivity contribution >= 4 is 11.8 Å². The van der Waals surface area contributed by atoms with Gasteiger partial charge in [-0.25, -0.2) is 0 Å². The lowest BCUT2D eigenvalue weighted by Gasteiger charge is -2.30. The number of para-hydroxylation sites is 2. The van der Waals surface area contributed by atoms with Crippen LogP contribution in [0.5, 0.6) is 11.5 Å². The fraction of sp³-hybridized carbons (Fsp3) is 0.636. The zero-order valence-corrected chi connectivity index (χ0v) is 16.8. The zero-order chi connectivity index (χ0) is 19.8. The third kappa shape index (κ3) is 3.92. The van der Waals surface area contributed by atoms with Gasteiger partial charge in [0.05, 0.1) is 6.04 Å². The van der Waals surface area contributed by atoms with Crippen molar-refractivity contribution in [1.29, 1.82) is 0 Å². The van der Waals surface area contributed by atoms with Gasteiger partial charge in [-0.3, -0.25) is 14.5 Å². The molecule has 2 amide bonds. The number of fused-ring (bicyclic) bond motifs is 1. The van der Waals surface area contributed by atoms with E-state index in [0.717, 1.165) is 44.9 Å². The molecule has 0 bridgehead atoms. The highest BCUT2D eigenvalue weighted by atomic mass is 16.6. The highest BCUT2D eigenvalue weighted by Crippen LogP contribution is 2.33. The molecule has 0 N–H and O–H groups in total. The number of nitrogens with zero attached hydrogens (tertiary/aromatic N) is 3. The Balaban J connectivity index is 1.17. The zero-order valence-electron chi connectivity index (χ0n) is 16.8. The molecule has 2 atom stereocenters. The van der Waals surface area contributed by atoms with Crippen LogP contribution in [0.2, 0.25) is 0 Å². The van der Waals surface area contributed by atoms with Crippen LogP contribution in [0, 0.1) is 5.92 Å². The van der Waals surface area contributed by atoms with E-state index in [9.17, 15) is 9.59 Å². The lowest BCUT2D eigenvalue weighted by Crippen LogP contribution is -2.48. The van der Waals surface area contributed by atoms with Crippen LogP contribution in [0.25, 0.3) is 0 Å². The number of ether oxygens (including phenoxy) is 2. The SMILES string of the molecule is O=C([C@@H]1COc2ccccc2O1)N1CCCN([C@H]2CCN(CC3CC3)C2=O)CC1. The van der Waals surface area contributed by atoms with E-state index in [4.69, 9.17) is 9.47 Å². The molecule has 7 heteroatoms. The monoisotopic (exact) mass is 399 g/mol. The summed E-state index contributed by atoms with van der Waals surface area (Å²) in [6, 6.07) is 7.45. The molecule has 7 nitrogen and oxygen atoms in total. The highest BCUT2D eigenvalue weighted by molar-refractivity contribution is 5.84. The molecule has 0 radical (unpaired) electrons. The molecular weight excluding hydrogens is 370 g/mol. The van der Waals surface area contributed by atoms with Crippen molar-refractivity contribution in [1.82, 2.24) is 14.7 Å². The average Bonchev–Trinajstić information content (AvgIpc) is 3.54. The minimum atomic E-state index is -0.599. The fourth-order valence-corrected chi connectivity index (χ4v) is 4.67. The Morgan fingerprint density at radius 2 is 1.83 bits per heavy atom. The molecule has 0 unspecified atom stereocenters. The summed E-state index contributed by atoms with van der Waals surface area (Å²) in [5, 5.41) is 0. The summed E-state index contributed by atoms with van der Waals surface area (Å²) < 4.78 is 11.6. The minimum Gasteiger partial charge on any atom is -0.485 e. The van der Waals surface area contributed by atoms with Crippen LogP contribution < -0.4 is 9.47 Å². The second-order valence-electron chi connectivity index (χ2n) is 8.61. The largest absolute Gasteiger partial charge is 0.485 e. The molecule has 4 aliphatic rings. The van der Waals surface area contributed by atoms with E-state index in [0.29, 0.717) is 24.6 Å². The van der Waals surface area contributed by atoms with Crippen molar-refractivity contribution in [3.8, 4) is 11.5 Å². The molecule has 1 saturated carbocycles. The molecule has 1 aromatic carbocycles. The Morgan fingerprint density at radius 3 is 2.66 bits per heavy atom. The number of rotatable bonds is 4. The van der Waals surface area contributed by atoms with Crippen LogP contribution in [0.4, 0.5) is 0 Å². The summed E-state index contributed by atoms with van der Waals surface area (Å²) in [5.74, 6) is 2.32. The number of benzene rings is 1. The summed E-state index contributed by atoms with van der Waals surface area (Å²) in [7, 11) is 0. The van der Waals surface area contributed by atoms with Crippen LogP contribution in [-0.2, 0) is 9.59 Å². The maximum absolute atomic E-state index is 13.0. The quantitative estimate of drug-likeness (QED) is 0.765. The van der Waals surface area contributed by atoms with Crippen molar-refractivity contribution in [2.45, 2.75) is 37.8 Å². The van der Waals surface area contributed by atoms with Gasteiger partial charge in [0, 0.05) is 39.3 Å². The Kier molecular flexibility index (Phi) is 5.08. The van der Waals surface area contributed by atoms with Crippen molar-refractivity contribution in [2.24, 2.45) is 5.92 Å². The van der Waals surface area contributed by atoms with E-state index in [-0.39, 0.29) is 24.5 Å². The third-order valence-corrected chi connectivity index (χ3v) is 6.51. The lowest BCUT2D eigenvalue weighted by molar-refractivity contribution is -0.141. The normalized spacial score (nSPS) is 27.8. The molecule has 3 heterocycles. The van der Waals surface area contributed by atoms with Gasteiger partial charge >= 0.3 is 0 Å². The first-order valence-electron chi connectivity index (χ1n) is 10.9. The summed E-state index contributed by atoms with van der Waals surface area (Å²) in [4.78, 5) is 32.1. The topological polar surface area (TPSA) is 62.3 Å². The van der Waals surface area contributed by atoms with Crippen LogP contribution >= 0.6 is 0 Å². The maximum atomic E-state index is 13.0. The van der Waals surface area contributed by atoms with Gasteiger partial charge in [0.2, 0.25) is 12.0 Å². The van der Waals surface area contributed by atoms with Crippen LogP contribution in [0.3, 0.4) is 0 Å². The minimum absolute atomic E-state index is 0.00931. The first kappa shape index (κ1) is 18.7. The Labute approximate surface area is 171 Å². The van der Waals surface area contributed by atoms with Gasteiger partial charge in [0.15, 0.2) is 11.5 Å². The van der Waals surface area contributed by atoms with E-state index in [1.807, 2.05) is 29.2 Å². The summed E-state index contributed by atoms with van der Waals surface area (Å²) in [6.07, 6.45) is 3.73. The van der Waals surface area contributed by atoms with Gasteiger partial charge in [0.25, 0.3) is 5.91 Å². The van der Waals surface area contributed by atoms with Crippen molar-refractivity contribution < 1.29 is 19.1 Å². The Hall–Kier alpha value is -2.28. The Morgan fingerprint density at radius 1 is 1.00 bits per heavy atom. The van der Waals surface area contributed by atoms with E-state index in [2.05, 4.69) is 9.80 Å². The predicted molar refractivity (Wildman–Crippen MR) is 107 cm³/mol. The molecule has 29 heavy (non-hydrogen) atoms. The van der Waals surface area contributed by atoms with E-state index >= 15 is 0 Å². The summed E-state index contributed by atoms with van der Waals surface area (Å²) in [6.45, 7) is 5.00. The van der Waals surface area contributed by atoms with Gasteiger partial charge in [-0.05, 0) is 43.7 Å². The first-order valence-corrected chi connectivity index (χ1v) is 10.9. The van der Waals surface area contributed by atoms with Crippen molar-refractivity contribution in [3.05, 3.63) is 24.3 Å². The van der Waals surface area contributed by atoms with Crippen molar-refractivity contribution in [2.75, 3.05) is 45.9 Å². The summed E-state index contributed by atoms with van der Waals surface area (Å²) in [5.41, 5.74) is 0. The third-order valence-electron chi connectivity index (χ3n) is 6.51. The number of hydrogen-bond acceptors (Lipinski definition) is 5. The molecule has 3 aliphatic heterocycles. The van der Waals surface area contributed by atoms with Crippen LogP contribution in [0.1, 0.15) is 25.7 Å². The smallest absolute Gasteiger partial charge is 0.267 e. The predicted octanol–water partition coefficient (Wildman–Crippen LogP) is 1.37. The number of carbonyl (C=O) groups is 2. The number of carbonyl (C=O) groups excluding carboxylic acids is 2. The summed E-state index contributed by atoms with van der Waals surface area (Å²) >= 11 is 0. The van der Waals surface area contributed by atoms with Gasteiger partial charge in [0.1, 0.15) is 6.61 Å². The standard InChI is InChI=1S/C22H29N3O4/c26-21-17(8-11-25(21)14-16-6-7-16)23-9-3-10-24(13-12-23)22(27)20-15-28-18-4-1-2-5-19(18)29-20/h1-2,4-5,16-17,20H,3,6-15H2/t17-,20-/m0/s1. The molecule has 3 fully saturated rings. The molecule has 1 aromatic rings. The number of likely N-dealkylation sites (tertiary alicyclic amines) is 1. The van der Waals surface area contributed by atoms with Crippen LogP contribution in [-0.4, -0.2) is 84.5 Å². The number of amides is 2. The second kappa shape index (κ2) is 7.86. The maximum Gasteiger partial charge on any atom is 0.267 e. The van der Waals surface area contributed by atoms with E-state index in [1.54, 1.807) is 0 Å². The molecule has 1 aliphatic carbocycles. The van der Waals surface area contributed by atoms with Gasteiger partial charge in [-0.2, -0.15) is 0 Å². The fourth-order valence-electron chi connectivity index (χ4n) is 4.67. The molecule has 0 spiro atoms. The average molecular weight is 399 g/mol.